The van der Waals surface area contributed by atoms with Crippen LogP contribution >= 0.6 is 0 Å². The Bertz CT molecular complexity index is 187. The van der Waals surface area contributed by atoms with Gasteiger partial charge in [0.05, 0.1) is 5.75 Å². The average Bonchev–Trinajstić information content (AvgIpc) is 2.04. The van der Waals surface area contributed by atoms with Crippen LogP contribution in [0.2, 0.25) is 0 Å². The lowest BCUT2D eigenvalue weighted by atomic mass is 10.1. The molecule has 0 aliphatic rings. The topological polar surface area (TPSA) is 9.23 Å². The number of hydrogen-bond donors (Lipinski definition) is 0. The SMILES string of the molecule is CCc1ccccc1[O][AlH2]. The monoisotopic (exact) mass is 150 g/mol. The summed E-state index contributed by atoms with van der Waals surface area (Å²) < 4.78 is 5.28. The Morgan fingerprint density at radius 3 is 2.60 bits per heavy atom. The van der Waals surface area contributed by atoms with Crippen molar-refractivity contribution in [3.05, 3.63) is 29.8 Å². The molecule has 0 spiro atoms. The van der Waals surface area contributed by atoms with E-state index in [0.717, 1.165) is 28.8 Å². The van der Waals surface area contributed by atoms with E-state index in [9.17, 15) is 0 Å². The van der Waals surface area contributed by atoms with Gasteiger partial charge in [-0.1, -0.05) is 25.1 Å². The summed E-state index contributed by atoms with van der Waals surface area (Å²) >= 11 is 0.780. The van der Waals surface area contributed by atoms with Crippen molar-refractivity contribution in [1.29, 1.82) is 0 Å². The van der Waals surface area contributed by atoms with Crippen LogP contribution in [0.25, 0.3) is 0 Å². The summed E-state index contributed by atoms with van der Waals surface area (Å²) in [5.41, 5.74) is 1.30. The highest BCUT2D eigenvalue weighted by molar-refractivity contribution is 6.00. The van der Waals surface area contributed by atoms with Crippen LogP contribution < -0.4 is 3.79 Å². The smallest absolute Gasteiger partial charge is 0.496 e. The van der Waals surface area contributed by atoms with Gasteiger partial charge in [0.1, 0.15) is 0 Å². The summed E-state index contributed by atoms with van der Waals surface area (Å²) in [6.45, 7) is 2.14. The molecule has 52 valence electrons. The van der Waals surface area contributed by atoms with Crippen LogP contribution in [0.3, 0.4) is 0 Å². The van der Waals surface area contributed by atoms with Crippen LogP contribution in [0.15, 0.2) is 24.3 Å². The molecule has 0 heterocycles. The zero-order valence-electron chi connectivity index (χ0n) is 6.42. The molecule has 0 amide bonds. The van der Waals surface area contributed by atoms with Crippen LogP contribution in [0.5, 0.6) is 5.75 Å². The maximum absolute atomic E-state index is 5.28. The Balaban J connectivity index is 2.96. The van der Waals surface area contributed by atoms with E-state index < -0.39 is 0 Å². The summed E-state index contributed by atoms with van der Waals surface area (Å²) in [6, 6.07) is 8.17. The quantitative estimate of drug-likeness (QED) is 0.575. The Hall–Kier alpha value is -0.448. The number of rotatable bonds is 2. The van der Waals surface area contributed by atoms with Crippen molar-refractivity contribution in [1.82, 2.24) is 0 Å². The van der Waals surface area contributed by atoms with E-state index in [0.29, 0.717) is 0 Å². The maximum atomic E-state index is 5.28. The molecule has 0 radical (unpaired) electrons. The van der Waals surface area contributed by atoms with Crippen molar-refractivity contribution in [3.8, 4) is 5.75 Å². The number of hydrogen-bond acceptors (Lipinski definition) is 1. The second-order valence-electron chi connectivity index (χ2n) is 2.17. The lowest BCUT2D eigenvalue weighted by Gasteiger charge is -2.06. The van der Waals surface area contributed by atoms with Gasteiger partial charge in [-0.05, 0) is 18.1 Å². The van der Waals surface area contributed by atoms with Gasteiger partial charge in [0.15, 0.2) is 0 Å². The second kappa shape index (κ2) is 3.66. The highest BCUT2D eigenvalue weighted by atomic mass is 27.1. The molecule has 0 N–H and O–H groups in total. The van der Waals surface area contributed by atoms with Gasteiger partial charge in [0.25, 0.3) is 0 Å². The first-order valence-corrected chi connectivity index (χ1v) is 4.32. The molecule has 1 rings (SSSR count). The molecule has 0 aliphatic heterocycles. The predicted molar refractivity (Wildman–Crippen MR) is 45.0 cm³/mol. The van der Waals surface area contributed by atoms with Crippen molar-refractivity contribution in [2.45, 2.75) is 13.3 Å². The zero-order valence-corrected chi connectivity index (χ0v) is 8.42. The Morgan fingerprint density at radius 2 is 2.10 bits per heavy atom. The Morgan fingerprint density at radius 1 is 1.40 bits per heavy atom. The van der Waals surface area contributed by atoms with Crippen LogP contribution in [0.4, 0.5) is 0 Å². The third-order valence-corrected chi connectivity index (χ3v) is 2.01. The van der Waals surface area contributed by atoms with E-state index in [1.165, 1.54) is 5.56 Å². The largest absolute Gasteiger partial charge is 0.647 e. The third kappa shape index (κ3) is 1.53. The number of benzene rings is 1. The molecule has 0 bridgehead atoms. The van der Waals surface area contributed by atoms with Gasteiger partial charge in [0.2, 0.25) is 0 Å². The minimum absolute atomic E-state index is 0.780. The average molecular weight is 150 g/mol. The molecular formula is C8H11AlO. The molecule has 0 fully saturated rings. The highest BCUT2D eigenvalue weighted by Crippen LogP contribution is 2.16. The van der Waals surface area contributed by atoms with Gasteiger partial charge in [-0.3, -0.25) is 0 Å². The van der Waals surface area contributed by atoms with Crippen LogP contribution in [0.1, 0.15) is 12.5 Å². The summed E-state index contributed by atoms with van der Waals surface area (Å²) in [7, 11) is 0. The van der Waals surface area contributed by atoms with Crippen molar-refractivity contribution >= 4 is 16.6 Å². The molecule has 2 heteroatoms. The van der Waals surface area contributed by atoms with E-state index in [1.807, 2.05) is 18.2 Å². The molecule has 1 aromatic rings. The lowest BCUT2D eigenvalue weighted by Crippen LogP contribution is -1.90. The maximum Gasteiger partial charge on any atom is 0.496 e. The van der Waals surface area contributed by atoms with Crippen LogP contribution in [-0.2, 0) is 6.42 Å². The van der Waals surface area contributed by atoms with Crippen molar-refractivity contribution < 1.29 is 3.79 Å². The minimum atomic E-state index is 0.780. The molecule has 1 aromatic carbocycles. The van der Waals surface area contributed by atoms with E-state index in [1.54, 1.807) is 0 Å². The first kappa shape index (κ1) is 7.66. The molecule has 0 aliphatic carbocycles. The van der Waals surface area contributed by atoms with Gasteiger partial charge >= 0.3 is 16.6 Å². The Kier molecular flexibility index (Phi) is 2.80. The number of para-hydroxylation sites is 1. The lowest BCUT2D eigenvalue weighted by molar-refractivity contribution is 0.606. The Labute approximate surface area is 69.8 Å². The molecule has 0 saturated heterocycles. The van der Waals surface area contributed by atoms with Crippen LogP contribution in [0, 0.1) is 0 Å². The molecule has 10 heavy (non-hydrogen) atoms. The van der Waals surface area contributed by atoms with E-state index in [2.05, 4.69) is 13.0 Å². The molecule has 0 saturated carbocycles. The van der Waals surface area contributed by atoms with Gasteiger partial charge in [0, 0.05) is 0 Å². The predicted octanol–water partition coefficient (Wildman–Crippen LogP) is 1.18. The van der Waals surface area contributed by atoms with Gasteiger partial charge < -0.3 is 3.79 Å². The fraction of sp³-hybridized carbons (Fsp3) is 0.250. The first-order chi connectivity index (χ1) is 4.88. The first-order valence-electron chi connectivity index (χ1n) is 3.50. The van der Waals surface area contributed by atoms with Gasteiger partial charge in [-0.2, -0.15) is 0 Å². The van der Waals surface area contributed by atoms with E-state index in [4.69, 9.17) is 3.79 Å². The van der Waals surface area contributed by atoms with Crippen LogP contribution in [-0.4, -0.2) is 16.6 Å². The van der Waals surface area contributed by atoms with Gasteiger partial charge in [-0.15, -0.1) is 0 Å². The molecular weight excluding hydrogens is 139 g/mol. The molecule has 0 atom stereocenters. The third-order valence-electron chi connectivity index (χ3n) is 1.57. The summed E-state index contributed by atoms with van der Waals surface area (Å²) in [5, 5.41) is 0. The van der Waals surface area contributed by atoms with E-state index in [-0.39, 0.29) is 0 Å². The fourth-order valence-electron chi connectivity index (χ4n) is 0.995. The van der Waals surface area contributed by atoms with Crippen molar-refractivity contribution in [2.75, 3.05) is 0 Å². The second-order valence-corrected chi connectivity index (χ2v) is 2.57. The summed E-state index contributed by atoms with van der Waals surface area (Å²) in [5.74, 6) is 1.05. The van der Waals surface area contributed by atoms with E-state index >= 15 is 0 Å². The normalized spacial score (nSPS) is 9.30. The van der Waals surface area contributed by atoms with Gasteiger partial charge in [-0.25, -0.2) is 0 Å². The molecule has 0 unspecified atom stereocenters. The fourth-order valence-corrected chi connectivity index (χ4v) is 1.39. The number of aryl methyl sites for hydroxylation is 1. The molecule has 1 nitrogen and oxygen atoms in total. The van der Waals surface area contributed by atoms with Crippen molar-refractivity contribution in [3.63, 3.8) is 0 Å². The minimum Gasteiger partial charge on any atom is -0.647 e. The standard InChI is InChI=1S/C8H10O.Al.2H/c1-2-7-5-3-4-6-8(7)9;;;/h3-6,9H,2H2,1H3;;;/q;+1;;/p-1. The molecule has 0 aromatic heterocycles. The highest BCUT2D eigenvalue weighted by Gasteiger charge is 1.94. The summed E-state index contributed by atoms with van der Waals surface area (Å²) in [6.07, 6.45) is 1.05. The zero-order chi connectivity index (χ0) is 7.40. The van der Waals surface area contributed by atoms with Crippen molar-refractivity contribution in [2.24, 2.45) is 0 Å². The summed E-state index contributed by atoms with van der Waals surface area (Å²) in [4.78, 5) is 0.